The maximum atomic E-state index is 5.92. The topological polar surface area (TPSA) is 45.4 Å². The van der Waals surface area contributed by atoms with Crippen molar-refractivity contribution in [2.75, 3.05) is 38.6 Å². The van der Waals surface area contributed by atoms with E-state index in [0.717, 1.165) is 37.4 Å². The van der Waals surface area contributed by atoms with E-state index < -0.39 is 0 Å². The second kappa shape index (κ2) is 7.34. The Morgan fingerprint density at radius 2 is 2.00 bits per heavy atom. The van der Waals surface area contributed by atoms with Crippen LogP contribution in [0.1, 0.15) is 31.9 Å². The number of hydrogen-bond donors (Lipinski definition) is 1. The molecule has 1 rings (SSSR count). The zero-order valence-electron chi connectivity index (χ0n) is 12.1. The van der Waals surface area contributed by atoms with E-state index >= 15 is 0 Å². The van der Waals surface area contributed by atoms with Gasteiger partial charge >= 0.3 is 0 Å². The molecule has 0 aliphatic heterocycles. The molecule has 1 heterocycles. The lowest BCUT2D eigenvalue weighted by Crippen LogP contribution is -2.33. The predicted molar refractivity (Wildman–Crippen MR) is 77.9 cm³/mol. The van der Waals surface area contributed by atoms with Gasteiger partial charge in [0, 0.05) is 31.9 Å². The fraction of sp³-hybridized carbons (Fsp3) is 0.643. The van der Waals surface area contributed by atoms with E-state index in [9.17, 15) is 0 Å². The second-order valence-electron chi connectivity index (χ2n) is 5.03. The highest BCUT2D eigenvalue weighted by Gasteiger charge is 2.09. The van der Waals surface area contributed by atoms with Crippen molar-refractivity contribution >= 4 is 5.82 Å². The monoisotopic (exact) mass is 250 g/mol. The number of rotatable bonds is 7. The molecular weight excluding hydrogens is 224 g/mol. The first kappa shape index (κ1) is 14.9. The van der Waals surface area contributed by atoms with Crippen molar-refractivity contribution in [1.29, 1.82) is 0 Å². The van der Waals surface area contributed by atoms with Crippen LogP contribution in [0, 0.1) is 0 Å². The molecule has 0 saturated carbocycles. The molecule has 1 aromatic rings. The molecule has 0 aliphatic carbocycles. The number of nitrogens with two attached hydrogens (primary N) is 1. The van der Waals surface area contributed by atoms with E-state index in [1.807, 2.05) is 19.2 Å². The summed E-state index contributed by atoms with van der Waals surface area (Å²) in [5.41, 5.74) is 7.07. The van der Waals surface area contributed by atoms with Crippen molar-refractivity contribution < 1.29 is 0 Å². The Bertz CT molecular complexity index is 349. The molecule has 0 fully saturated rings. The Labute approximate surface area is 111 Å². The minimum absolute atomic E-state index is 0.0593. The van der Waals surface area contributed by atoms with E-state index in [-0.39, 0.29) is 6.04 Å². The summed E-state index contributed by atoms with van der Waals surface area (Å²) in [6.45, 7) is 7.25. The first-order valence-electron chi connectivity index (χ1n) is 6.65. The van der Waals surface area contributed by atoms with Crippen molar-refractivity contribution in [3.63, 3.8) is 0 Å². The van der Waals surface area contributed by atoms with E-state index in [1.54, 1.807) is 0 Å². The van der Waals surface area contributed by atoms with Crippen LogP contribution < -0.4 is 10.6 Å². The normalized spacial score (nSPS) is 12.8. The van der Waals surface area contributed by atoms with Crippen molar-refractivity contribution in [3.8, 4) is 0 Å². The summed E-state index contributed by atoms with van der Waals surface area (Å²) >= 11 is 0. The first-order chi connectivity index (χ1) is 8.54. The van der Waals surface area contributed by atoms with Crippen LogP contribution in [0.3, 0.4) is 0 Å². The molecule has 1 atom stereocenters. The average Bonchev–Trinajstić information content (AvgIpc) is 2.34. The van der Waals surface area contributed by atoms with Gasteiger partial charge in [-0.1, -0.05) is 6.92 Å². The number of likely N-dealkylation sites (N-methyl/N-ethyl adjacent to an activating group) is 1. The maximum absolute atomic E-state index is 5.92. The van der Waals surface area contributed by atoms with Gasteiger partial charge in [0.05, 0.1) is 0 Å². The van der Waals surface area contributed by atoms with Gasteiger partial charge in [0.15, 0.2) is 0 Å². The van der Waals surface area contributed by atoms with Crippen molar-refractivity contribution in [3.05, 3.63) is 23.9 Å². The van der Waals surface area contributed by atoms with Crippen LogP contribution in [0.5, 0.6) is 0 Å². The second-order valence-corrected chi connectivity index (χ2v) is 5.03. The van der Waals surface area contributed by atoms with Gasteiger partial charge in [-0.25, -0.2) is 4.98 Å². The van der Waals surface area contributed by atoms with Crippen LogP contribution in [-0.2, 0) is 0 Å². The third kappa shape index (κ3) is 4.63. The minimum atomic E-state index is 0.0593. The summed E-state index contributed by atoms with van der Waals surface area (Å²) in [5, 5.41) is 0. The Kier molecular flexibility index (Phi) is 6.09. The van der Waals surface area contributed by atoms with E-state index in [4.69, 9.17) is 5.73 Å². The molecular formula is C14H26N4. The molecule has 1 aromatic heterocycles. The molecule has 0 radical (unpaired) electrons. The van der Waals surface area contributed by atoms with Crippen LogP contribution in [0.4, 0.5) is 5.82 Å². The van der Waals surface area contributed by atoms with Gasteiger partial charge in [0.2, 0.25) is 0 Å². The van der Waals surface area contributed by atoms with Gasteiger partial charge in [-0.2, -0.15) is 0 Å². The Balaban J connectivity index is 2.80. The third-order valence-corrected chi connectivity index (χ3v) is 2.93. The molecule has 0 amide bonds. The number of aromatic nitrogens is 1. The molecule has 18 heavy (non-hydrogen) atoms. The zero-order chi connectivity index (χ0) is 13.5. The number of pyridine rings is 1. The van der Waals surface area contributed by atoms with E-state index in [1.165, 1.54) is 0 Å². The smallest absolute Gasteiger partial charge is 0.128 e. The molecule has 0 aliphatic rings. The third-order valence-electron chi connectivity index (χ3n) is 2.93. The molecule has 2 N–H and O–H groups in total. The lowest BCUT2D eigenvalue weighted by atomic mass is 10.1. The van der Waals surface area contributed by atoms with Crippen LogP contribution >= 0.6 is 0 Å². The molecule has 0 bridgehead atoms. The predicted octanol–water partition coefficient (Wildman–Crippen LogP) is 1.88. The lowest BCUT2D eigenvalue weighted by Gasteiger charge is -2.25. The van der Waals surface area contributed by atoms with Crippen LogP contribution in [0.2, 0.25) is 0 Å². The van der Waals surface area contributed by atoms with Gasteiger partial charge in [0.1, 0.15) is 5.82 Å². The summed E-state index contributed by atoms with van der Waals surface area (Å²) in [7, 11) is 4.19. The molecule has 102 valence electrons. The van der Waals surface area contributed by atoms with Gasteiger partial charge in [-0.05, 0) is 45.1 Å². The molecule has 0 saturated heterocycles. The SMILES string of the molecule is CCCN(CCN(C)C)c1cc(C(C)N)ccn1. The standard InChI is InChI=1S/C14H26N4/c1-5-8-18(10-9-17(3)4)14-11-13(12(2)15)6-7-16-14/h6-7,11-12H,5,8-10,15H2,1-4H3. The molecule has 4 nitrogen and oxygen atoms in total. The van der Waals surface area contributed by atoms with E-state index in [2.05, 4.69) is 41.9 Å². The quantitative estimate of drug-likeness (QED) is 0.802. The highest BCUT2D eigenvalue weighted by molar-refractivity contribution is 5.41. The molecule has 4 heteroatoms. The van der Waals surface area contributed by atoms with Gasteiger partial charge in [-0.15, -0.1) is 0 Å². The zero-order valence-corrected chi connectivity index (χ0v) is 12.1. The van der Waals surface area contributed by atoms with Gasteiger partial charge in [-0.3, -0.25) is 0 Å². The van der Waals surface area contributed by atoms with Gasteiger partial charge in [0.25, 0.3) is 0 Å². The maximum Gasteiger partial charge on any atom is 0.128 e. The summed E-state index contributed by atoms with van der Waals surface area (Å²) in [6, 6.07) is 4.16. The average molecular weight is 250 g/mol. The Morgan fingerprint density at radius 1 is 1.28 bits per heavy atom. The lowest BCUT2D eigenvalue weighted by molar-refractivity contribution is 0.412. The van der Waals surface area contributed by atoms with Gasteiger partial charge < -0.3 is 15.5 Å². The largest absolute Gasteiger partial charge is 0.355 e. The van der Waals surface area contributed by atoms with Crippen LogP contribution in [-0.4, -0.2) is 43.6 Å². The Morgan fingerprint density at radius 3 is 2.56 bits per heavy atom. The molecule has 0 aromatic carbocycles. The fourth-order valence-corrected chi connectivity index (χ4v) is 1.82. The first-order valence-corrected chi connectivity index (χ1v) is 6.65. The summed E-state index contributed by atoms with van der Waals surface area (Å²) in [4.78, 5) is 8.99. The summed E-state index contributed by atoms with van der Waals surface area (Å²) in [6.07, 6.45) is 2.98. The van der Waals surface area contributed by atoms with Crippen molar-refractivity contribution in [1.82, 2.24) is 9.88 Å². The number of anilines is 1. The summed E-state index contributed by atoms with van der Waals surface area (Å²) in [5.74, 6) is 1.04. The Hall–Kier alpha value is -1.13. The van der Waals surface area contributed by atoms with Crippen molar-refractivity contribution in [2.24, 2.45) is 5.73 Å². The molecule has 0 spiro atoms. The van der Waals surface area contributed by atoms with E-state index in [0.29, 0.717) is 0 Å². The number of hydrogen-bond acceptors (Lipinski definition) is 4. The number of nitrogens with zero attached hydrogens (tertiary/aromatic N) is 3. The fourth-order valence-electron chi connectivity index (χ4n) is 1.82. The minimum Gasteiger partial charge on any atom is -0.355 e. The highest BCUT2D eigenvalue weighted by atomic mass is 15.2. The van der Waals surface area contributed by atoms with Crippen LogP contribution in [0.15, 0.2) is 18.3 Å². The highest BCUT2D eigenvalue weighted by Crippen LogP contribution is 2.16. The summed E-state index contributed by atoms with van der Waals surface area (Å²) < 4.78 is 0. The molecule has 1 unspecified atom stereocenters. The van der Waals surface area contributed by atoms with Crippen molar-refractivity contribution in [2.45, 2.75) is 26.3 Å². The van der Waals surface area contributed by atoms with Crippen LogP contribution in [0.25, 0.3) is 0 Å².